The van der Waals surface area contributed by atoms with Gasteiger partial charge in [0.15, 0.2) is 0 Å². The van der Waals surface area contributed by atoms with Crippen LogP contribution < -0.4 is 5.73 Å². The highest BCUT2D eigenvalue weighted by Crippen LogP contribution is 2.38. The molecule has 66 valence electrons. The van der Waals surface area contributed by atoms with E-state index in [-0.39, 0.29) is 5.41 Å². The van der Waals surface area contributed by atoms with Crippen molar-refractivity contribution < 1.29 is 4.74 Å². The third kappa shape index (κ3) is 2.17. The van der Waals surface area contributed by atoms with Crippen molar-refractivity contribution in [3.63, 3.8) is 0 Å². The molecule has 0 amide bonds. The van der Waals surface area contributed by atoms with Crippen LogP contribution in [0.2, 0.25) is 0 Å². The maximum Gasteiger partial charge on any atom is 0.0542 e. The maximum atomic E-state index is 5.65. The summed E-state index contributed by atoms with van der Waals surface area (Å²) >= 11 is 0. The Morgan fingerprint density at radius 2 is 2.00 bits per heavy atom. The van der Waals surface area contributed by atoms with Gasteiger partial charge in [0.2, 0.25) is 0 Å². The van der Waals surface area contributed by atoms with Gasteiger partial charge in [0, 0.05) is 5.41 Å². The van der Waals surface area contributed by atoms with Gasteiger partial charge in [-0.3, -0.25) is 0 Å². The van der Waals surface area contributed by atoms with Crippen LogP contribution in [-0.2, 0) is 4.74 Å². The summed E-state index contributed by atoms with van der Waals surface area (Å²) in [4.78, 5) is 0. The summed E-state index contributed by atoms with van der Waals surface area (Å²) in [7, 11) is 0. The monoisotopic (exact) mass is 157 g/mol. The maximum absolute atomic E-state index is 5.65. The van der Waals surface area contributed by atoms with E-state index in [0.717, 1.165) is 19.8 Å². The molecule has 1 fully saturated rings. The molecule has 0 saturated carbocycles. The summed E-state index contributed by atoms with van der Waals surface area (Å²) < 4.78 is 5.19. The lowest BCUT2D eigenvalue weighted by Crippen LogP contribution is -2.44. The molecule has 2 nitrogen and oxygen atoms in total. The van der Waals surface area contributed by atoms with Gasteiger partial charge in [-0.15, -0.1) is 0 Å². The van der Waals surface area contributed by atoms with E-state index in [2.05, 4.69) is 20.8 Å². The van der Waals surface area contributed by atoms with Gasteiger partial charge >= 0.3 is 0 Å². The average molecular weight is 157 g/mol. The summed E-state index contributed by atoms with van der Waals surface area (Å²) in [5.41, 5.74) is 6.33. The van der Waals surface area contributed by atoms with E-state index in [4.69, 9.17) is 10.5 Å². The smallest absolute Gasteiger partial charge is 0.0542 e. The van der Waals surface area contributed by atoms with E-state index < -0.39 is 0 Å². The van der Waals surface area contributed by atoms with E-state index >= 15 is 0 Å². The minimum absolute atomic E-state index is 0.276. The van der Waals surface area contributed by atoms with Crippen molar-refractivity contribution in [2.75, 3.05) is 19.8 Å². The van der Waals surface area contributed by atoms with E-state index in [1.807, 2.05) is 0 Å². The molecule has 0 aromatic rings. The minimum Gasteiger partial charge on any atom is -0.380 e. The van der Waals surface area contributed by atoms with Crippen LogP contribution in [0.15, 0.2) is 0 Å². The fraction of sp³-hybridized carbons (Fsp3) is 1.00. The molecule has 0 unspecified atom stereocenters. The number of hydrogen-bond acceptors (Lipinski definition) is 2. The molecule has 1 saturated heterocycles. The van der Waals surface area contributed by atoms with Crippen molar-refractivity contribution in [1.82, 2.24) is 0 Å². The van der Waals surface area contributed by atoms with Crippen LogP contribution in [0.1, 0.15) is 27.2 Å². The molecule has 0 aliphatic carbocycles. The molecule has 11 heavy (non-hydrogen) atoms. The van der Waals surface area contributed by atoms with Crippen molar-refractivity contribution in [3.8, 4) is 0 Å². The SMILES string of the molecule is CC(C)(CN)CC1(C)COC1. The molecule has 2 N–H and O–H groups in total. The second-order valence-corrected chi connectivity index (χ2v) is 4.85. The molecule has 0 aromatic carbocycles. The Kier molecular flexibility index (Phi) is 2.26. The molecule has 0 atom stereocenters. The van der Waals surface area contributed by atoms with Crippen LogP contribution in [0.3, 0.4) is 0 Å². The second-order valence-electron chi connectivity index (χ2n) is 4.85. The summed E-state index contributed by atoms with van der Waals surface area (Å²) in [5, 5.41) is 0. The Hall–Kier alpha value is -0.0800. The highest BCUT2D eigenvalue weighted by molar-refractivity contribution is 4.87. The molecule has 2 heteroatoms. The largest absolute Gasteiger partial charge is 0.380 e. The Morgan fingerprint density at radius 1 is 1.45 bits per heavy atom. The van der Waals surface area contributed by atoms with Crippen LogP contribution in [0.5, 0.6) is 0 Å². The Morgan fingerprint density at radius 3 is 2.27 bits per heavy atom. The second kappa shape index (κ2) is 2.76. The van der Waals surface area contributed by atoms with Gasteiger partial charge < -0.3 is 10.5 Å². The number of nitrogens with two attached hydrogens (primary N) is 1. The lowest BCUT2D eigenvalue weighted by Gasteiger charge is -2.43. The standard InChI is InChI=1S/C9H19NO/c1-8(2,5-10)4-9(3)6-11-7-9/h4-7,10H2,1-3H3. The van der Waals surface area contributed by atoms with Gasteiger partial charge in [-0.25, -0.2) is 0 Å². The van der Waals surface area contributed by atoms with E-state index in [1.54, 1.807) is 0 Å². The van der Waals surface area contributed by atoms with Crippen molar-refractivity contribution in [2.24, 2.45) is 16.6 Å². The zero-order valence-corrected chi connectivity index (χ0v) is 7.81. The fourth-order valence-electron chi connectivity index (χ4n) is 1.78. The topological polar surface area (TPSA) is 35.2 Å². The quantitative estimate of drug-likeness (QED) is 0.672. The lowest BCUT2D eigenvalue weighted by atomic mass is 9.73. The zero-order valence-electron chi connectivity index (χ0n) is 7.81. The molecule has 0 spiro atoms. The molecule has 1 rings (SSSR count). The van der Waals surface area contributed by atoms with Crippen LogP contribution >= 0.6 is 0 Å². The van der Waals surface area contributed by atoms with Gasteiger partial charge in [-0.1, -0.05) is 20.8 Å². The van der Waals surface area contributed by atoms with Crippen LogP contribution in [0.25, 0.3) is 0 Å². The molecule has 0 bridgehead atoms. The predicted molar refractivity (Wildman–Crippen MR) is 46.4 cm³/mol. The molecular weight excluding hydrogens is 138 g/mol. The predicted octanol–water partition coefficient (Wildman–Crippen LogP) is 1.40. The Balaban J connectivity index is 2.40. The van der Waals surface area contributed by atoms with Gasteiger partial charge in [0.05, 0.1) is 13.2 Å². The summed E-state index contributed by atoms with van der Waals surface area (Å²) in [6.07, 6.45) is 1.18. The fourth-order valence-corrected chi connectivity index (χ4v) is 1.78. The number of rotatable bonds is 3. The third-order valence-corrected chi connectivity index (χ3v) is 2.36. The lowest BCUT2D eigenvalue weighted by molar-refractivity contribution is -0.119. The van der Waals surface area contributed by atoms with Crippen LogP contribution in [0.4, 0.5) is 0 Å². The normalized spacial score (nSPS) is 22.9. The minimum atomic E-state index is 0.276. The summed E-state index contributed by atoms with van der Waals surface area (Å²) in [6, 6.07) is 0. The first kappa shape index (κ1) is 9.01. The molecule has 1 aliphatic heterocycles. The van der Waals surface area contributed by atoms with Gasteiger partial charge in [0.1, 0.15) is 0 Å². The highest BCUT2D eigenvalue weighted by Gasteiger charge is 2.37. The zero-order chi connectivity index (χ0) is 8.54. The first-order valence-corrected chi connectivity index (χ1v) is 4.25. The molecule has 1 heterocycles. The van der Waals surface area contributed by atoms with Gasteiger partial charge in [0.25, 0.3) is 0 Å². The first-order valence-electron chi connectivity index (χ1n) is 4.25. The van der Waals surface area contributed by atoms with Crippen molar-refractivity contribution in [1.29, 1.82) is 0 Å². The Bertz CT molecular complexity index is 129. The molecule has 0 radical (unpaired) electrons. The van der Waals surface area contributed by atoms with Gasteiger partial charge in [-0.05, 0) is 18.4 Å². The molecular formula is C9H19NO. The highest BCUT2D eigenvalue weighted by atomic mass is 16.5. The number of ether oxygens (including phenoxy) is 1. The van der Waals surface area contributed by atoms with Gasteiger partial charge in [-0.2, -0.15) is 0 Å². The number of hydrogen-bond donors (Lipinski definition) is 1. The first-order chi connectivity index (χ1) is 4.97. The van der Waals surface area contributed by atoms with E-state index in [1.165, 1.54) is 6.42 Å². The van der Waals surface area contributed by atoms with Crippen molar-refractivity contribution in [3.05, 3.63) is 0 Å². The van der Waals surface area contributed by atoms with E-state index in [0.29, 0.717) is 5.41 Å². The average Bonchev–Trinajstić information content (AvgIpc) is 1.84. The van der Waals surface area contributed by atoms with Crippen molar-refractivity contribution >= 4 is 0 Å². The molecule has 1 aliphatic rings. The summed E-state index contributed by atoms with van der Waals surface area (Å²) in [6.45, 7) is 9.30. The van der Waals surface area contributed by atoms with Crippen LogP contribution in [0, 0.1) is 10.8 Å². The molecule has 0 aromatic heterocycles. The Labute approximate surface area is 69.1 Å². The third-order valence-electron chi connectivity index (χ3n) is 2.36. The van der Waals surface area contributed by atoms with Crippen molar-refractivity contribution in [2.45, 2.75) is 27.2 Å². The van der Waals surface area contributed by atoms with E-state index in [9.17, 15) is 0 Å². The summed E-state index contributed by atoms with van der Waals surface area (Å²) in [5.74, 6) is 0. The van der Waals surface area contributed by atoms with Crippen LogP contribution in [-0.4, -0.2) is 19.8 Å².